The number of rotatable bonds is 1. The molecule has 0 saturated carbocycles. The molecule has 78 valence electrons. The van der Waals surface area contributed by atoms with Gasteiger partial charge in [-0.15, -0.1) is 0 Å². The number of hydrogen-bond donors (Lipinski definition) is 1. The van der Waals surface area contributed by atoms with E-state index in [-0.39, 0.29) is 0 Å². The van der Waals surface area contributed by atoms with Gasteiger partial charge in [0.25, 0.3) is 0 Å². The van der Waals surface area contributed by atoms with Crippen LogP contribution in [0.4, 0.5) is 5.69 Å². The molecular weight excluding hydrogens is 198 g/mol. The van der Waals surface area contributed by atoms with Crippen LogP contribution < -0.4 is 5.73 Å². The molecule has 3 rings (SSSR count). The highest BCUT2D eigenvalue weighted by Gasteiger charge is 2.06. The summed E-state index contributed by atoms with van der Waals surface area (Å²) in [5, 5.41) is 2.32. The molecule has 2 aromatic carbocycles. The molecule has 0 fully saturated rings. The van der Waals surface area contributed by atoms with Crippen LogP contribution in [0.5, 0.6) is 0 Å². The average Bonchev–Trinajstić information content (AvgIpc) is 2.82. The molecule has 3 aromatic rings. The summed E-state index contributed by atoms with van der Waals surface area (Å²) in [6.07, 6.45) is 5.41. The molecule has 16 heavy (non-hydrogen) atoms. The number of aromatic nitrogens is 2. The Balaban J connectivity index is 2.42. The second-order valence-corrected chi connectivity index (χ2v) is 3.69. The standard InChI is InChI=1S/C13H11N3/c14-12-6-5-10-3-1-2-4-11(10)13(12)16-8-7-15-9-16/h1-9H,14H2. The van der Waals surface area contributed by atoms with Crippen molar-refractivity contribution in [3.63, 3.8) is 0 Å². The molecular formula is C13H11N3. The number of anilines is 1. The van der Waals surface area contributed by atoms with Crippen LogP contribution in [0.15, 0.2) is 55.1 Å². The molecule has 0 unspecified atom stereocenters. The van der Waals surface area contributed by atoms with E-state index in [0.717, 1.165) is 16.8 Å². The van der Waals surface area contributed by atoms with Crippen molar-refractivity contribution in [3.05, 3.63) is 55.1 Å². The largest absolute Gasteiger partial charge is 0.397 e. The van der Waals surface area contributed by atoms with Crippen molar-refractivity contribution in [2.24, 2.45) is 0 Å². The smallest absolute Gasteiger partial charge is 0.0992 e. The molecule has 0 atom stereocenters. The summed E-state index contributed by atoms with van der Waals surface area (Å²) in [7, 11) is 0. The van der Waals surface area contributed by atoms with Crippen LogP contribution in [0.1, 0.15) is 0 Å². The maximum Gasteiger partial charge on any atom is 0.0992 e. The lowest BCUT2D eigenvalue weighted by Gasteiger charge is -2.10. The van der Waals surface area contributed by atoms with E-state index in [2.05, 4.69) is 17.1 Å². The molecule has 0 radical (unpaired) electrons. The molecule has 0 saturated heterocycles. The quantitative estimate of drug-likeness (QED) is 0.626. The Hall–Kier alpha value is -2.29. The van der Waals surface area contributed by atoms with Crippen molar-refractivity contribution in [2.45, 2.75) is 0 Å². The molecule has 0 bridgehead atoms. The molecule has 0 aliphatic heterocycles. The van der Waals surface area contributed by atoms with Crippen LogP contribution in [-0.2, 0) is 0 Å². The molecule has 0 amide bonds. The summed E-state index contributed by atoms with van der Waals surface area (Å²) in [6.45, 7) is 0. The maximum atomic E-state index is 6.03. The van der Waals surface area contributed by atoms with E-state index in [9.17, 15) is 0 Å². The fourth-order valence-corrected chi connectivity index (χ4v) is 1.95. The van der Waals surface area contributed by atoms with E-state index < -0.39 is 0 Å². The minimum atomic E-state index is 0.761. The van der Waals surface area contributed by atoms with Crippen molar-refractivity contribution in [3.8, 4) is 5.69 Å². The van der Waals surface area contributed by atoms with Crippen molar-refractivity contribution in [1.29, 1.82) is 0 Å². The van der Waals surface area contributed by atoms with Gasteiger partial charge in [-0.05, 0) is 11.5 Å². The van der Waals surface area contributed by atoms with Gasteiger partial charge in [0.2, 0.25) is 0 Å². The third kappa shape index (κ3) is 1.26. The van der Waals surface area contributed by atoms with Gasteiger partial charge in [0.15, 0.2) is 0 Å². The van der Waals surface area contributed by atoms with Crippen molar-refractivity contribution < 1.29 is 0 Å². The van der Waals surface area contributed by atoms with Gasteiger partial charge in [0.1, 0.15) is 0 Å². The first-order chi connectivity index (χ1) is 7.86. The van der Waals surface area contributed by atoms with E-state index in [4.69, 9.17) is 5.73 Å². The minimum absolute atomic E-state index is 0.761. The average molecular weight is 209 g/mol. The van der Waals surface area contributed by atoms with Gasteiger partial charge < -0.3 is 10.3 Å². The Morgan fingerprint density at radius 1 is 1.06 bits per heavy atom. The number of nitrogens with zero attached hydrogens (tertiary/aromatic N) is 2. The fourth-order valence-electron chi connectivity index (χ4n) is 1.95. The fraction of sp³-hybridized carbons (Fsp3) is 0. The highest BCUT2D eigenvalue weighted by atomic mass is 15.0. The van der Waals surface area contributed by atoms with E-state index in [0.29, 0.717) is 0 Å². The van der Waals surface area contributed by atoms with Gasteiger partial charge in [-0.3, -0.25) is 0 Å². The molecule has 1 heterocycles. The van der Waals surface area contributed by atoms with E-state index in [1.165, 1.54) is 5.39 Å². The Kier molecular flexibility index (Phi) is 1.90. The van der Waals surface area contributed by atoms with Gasteiger partial charge in [-0.2, -0.15) is 0 Å². The topological polar surface area (TPSA) is 43.8 Å². The number of imidazole rings is 1. The molecule has 3 heteroatoms. The third-order valence-corrected chi connectivity index (χ3v) is 2.69. The second kappa shape index (κ2) is 3.38. The van der Waals surface area contributed by atoms with Crippen LogP contribution in [-0.4, -0.2) is 9.55 Å². The van der Waals surface area contributed by atoms with Crippen molar-refractivity contribution in [1.82, 2.24) is 9.55 Å². The van der Waals surface area contributed by atoms with E-state index >= 15 is 0 Å². The van der Waals surface area contributed by atoms with Crippen LogP contribution in [0.25, 0.3) is 16.5 Å². The first kappa shape index (κ1) is 8.97. The molecule has 2 N–H and O–H groups in total. The Bertz CT molecular complexity index is 627. The normalized spacial score (nSPS) is 10.8. The zero-order valence-electron chi connectivity index (χ0n) is 8.67. The number of fused-ring (bicyclic) bond motifs is 1. The summed E-state index contributed by atoms with van der Waals surface area (Å²) < 4.78 is 1.94. The van der Waals surface area contributed by atoms with Gasteiger partial charge in [-0.25, -0.2) is 4.98 Å². The SMILES string of the molecule is Nc1ccc2ccccc2c1-n1ccnc1. The van der Waals surface area contributed by atoms with E-state index in [1.807, 2.05) is 35.0 Å². The summed E-state index contributed by atoms with van der Waals surface area (Å²) in [5.41, 5.74) is 7.79. The monoisotopic (exact) mass is 209 g/mol. The van der Waals surface area contributed by atoms with Gasteiger partial charge in [-0.1, -0.05) is 30.3 Å². The first-order valence-electron chi connectivity index (χ1n) is 5.12. The van der Waals surface area contributed by atoms with Crippen LogP contribution in [0.2, 0.25) is 0 Å². The van der Waals surface area contributed by atoms with Crippen LogP contribution in [0.3, 0.4) is 0 Å². The molecule has 0 aliphatic rings. The van der Waals surface area contributed by atoms with Crippen molar-refractivity contribution in [2.75, 3.05) is 5.73 Å². The summed E-state index contributed by atoms with van der Waals surface area (Å²) >= 11 is 0. The first-order valence-corrected chi connectivity index (χ1v) is 5.12. The highest BCUT2D eigenvalue weighted by Crippen LogP contribution is 2.27. The summed E-state index contributed by atoms with van der Waals surface area (Å²) in [6, 6.07) is 12.2. The lowest BCUT2D eigenvalue weighted by molar-refractivity contribution is 1.07. The molecule has 0 aliphatic carbocycles. The van der Waals surface area contributed by atoms with Gasteiger partial charge >= 0.3 is 0 Å². The maximum absolute atomic E-state index is 6.03. The second-order valence-electron chi connectivity index (χ2n) is 3.69. The zero-order valence-corrected chi connectivity index (χ0v) is 8.67. The van der Waals surface area contributed by atoms with Crippen molar-refractivity contribution >= 4 is 16.5 Å². The predicted octanol–water partition coefficient (Wildman–Crippen LogP) is 2.61. The van der Waals surface area contributed by atoms with Gasteiger partial charge in [0.05, 0.1) is 17.7 Å². The van der Waals surface area contributed by atoms with Crippen LogP contribution in [0, 0.1) is 0 Å². The third-order valence-electron chi connectivity index (χ3n) is 2.69. The minimum Gasteiger partial charge on any atom is -0.397 e. The number of benzene rings is 2. The molecule has 0 spiro atoms. The predicted molar refractivity (Wildman–Crippen MR) is 65.5 cm³/mol. The van der Waals surface area contributed by atoms with Gasteiger partial charge in [0, 0.05) is 17.8 Å². The number of hydrogen-bond acceptors (Lipinski definition) is 2. The summed E-state index contributed by atoms with van der Waals surface area (Å²) in [4.78, 5) is 4.05. The zero-order chi connectivity index (χ0) is 11.0. The number of nitrogens with two attached hydrogens (primary N) is 1. The highest BCUT2D eigenvalue weighted by molar-refractivity contribution is 5.95. The van der Waals surface area contributed by atoms with Crippen LogP contribution >= 0.6 is 0 Å². The Labute approximate surface area is 93.1 Å². The van der Waals surface area contributed by atoms with E-state index in [1.54, 1.807) is 12.5 Å². The Morgan fingerprint density at radius 2 is 1.94 bits per heavy atom. The lowest BCUT2D eigenvalue weighted by atomic mass is 10.1. The lowest BCUT2D eigenvalue weighted by Crippen LogP contribution is -1.98. The molecule has 1 aromatic heterocycles. The number of nitrogen functional groups attached to an aromatic ring is 1. The Morgan fingerprint density at radius 3 is 2.75 bits per heavy atom. The molecule has 3 nitrogen and oxygen atoms in total. The summed E-state index contributed by atoms with van der Waals surface area (Å²) in [5.74, 6) is 0.